The molecule has 9 heteroatoms. The minimum Gasteiger partial charge on any atom is -0.324 e. The van der Waals surface area contributed by atoms with Crippen molar-refractivity contribution in [3.63, 3.8) is 0 Å². The number of aryl methyl sites for hydroxylation is 1. The van der Waals surface area contributed by atoms with E-state index in [9.17, 15) is 19.2 Å². The summed E-state index contributed by atoms with van der Waals surface area (Å²) < 4.78 is 0. The number of aromatic nitrogens is 1. The van der Waals surface area contributed by atoms with E-state index >= 15 is 0 Å². The Hall–Kier alpha value is -2.39. The van der Waals surface area contributed by atoms with Crippen LogP contribution in [0.2, 0.25) is 0 Å². The molecule has 33 heavy (non-hydrogen) atoms. The summed E-state index contributed by atoms with van der Waals surface area (Å²) in [5.41, 5.74) is 1.37. The normalized spacial score (nSPS) is 33.1. The van der Waals surface area contributed by atoms with Gasteiger partial charge in [0.1, 0.15) is 6.54 Å². The molecule has 2 aliphatic carbocycles. The van der Waals surface area contributed by atoms with Gasteiger partial charge in [-0.25, -0.2) is 0 Å². The van der Waals surface area contributed by atoms with E-state index in [1.54, 1.807) is 11.8 Å². The number of likely N-dealkylation sites (tertiary alicyclic amines) is 1. The highest BCUT2D eigenvalue weighted by Crippen LogP contribution is 2.68. The molecule has 1 aromatic heterocycles. The van der Waals surface area contributed by atoms with Gasteiger partial charge in [-0.05, 0) is 42.7 Å². The molecule has 2 aromatic rings. The number of hydrogen-bond donors (Lipinski definition) is 2. The predicted octanol–water partition coefficient (Wildman–Crippen LogP) is 3.00. The molecule has 3 heterocycles. The fourth-order valence-electron chi connectivity index (χ4n) is 6.92. The zero-order valence-electron chi connectivity index (χ0n) is 18.6. The Kier molecular flexibility index (Phi) is 4.52. The van der Waals surface area contributed by atoms with Gasteiger partial charge in [-0.1, -0.05) is 43.4 Å². The van der Waals surface area contributed by atoms with Crippen molar-refractivity contribution in [2.24, 2.45) is 29.6 Å². The average Bonchev–Trinajstić information content (AvgIpc) is 3.48. The number of anilines is 1. The van der Waals surface area contributed by atoms with Crippen molar-refractivity contribution in [1.29, 1.82) is 0 Å². The van der Waals surface area contributed by atoms with Crippen LogP contribution >= 0.6 is 23.1 Å². The summed E-state index contributed by atoms with van der Waals surface area (Å²) in [4.78, 5) is 56.8. The van der Waals surface area contributed by atoms with Gasteiger partial charge >= 0.3 is 4.87 Å². The topological polar surface area (TPSA) is 99.3 Å². The Morgan fingerprint density at radius 2 is 1.85 bits per heavy atom. The number of thioether (sulfide) groups is 1. The lowest BCUT2D eigenvalue weighted by Crippen LogP contribution is -2.48. The maximum atomic E-state index is 13.4. The third-order valence-corrected chi connectivity index (χ3v) is 11.0. The number of nitrogens with zero attached hydrogens (tertiary/aromatic N) is 1. The lowest BCUT2D eigenvalue weighted by atomic mass is 9.64. The van der Waals surface area contributed by atoms with E-state index in [-0.39, 0.29) is 69.4 Å². The number of carbonyl (C=O) groups is 3. The molecule has 3 amide bonds. The number of fused-ring (bicyclic) bond motifs is 9. The molecule has 3 fully saturated rings. The Morgan fingerprint density at radius 1 is 1.15 bits per heavy atom. The lowest BCUT2D eigenvalue weighted by Gasteiger charge is -2.47. The van der Waals surface area contributed by atoms with Crippen molar-refractivity contribution < 1.29 is 14.4 Å². The van der Waals surface area contributed by atoms with Crippen LogP contribution in [0, 0.1) is 36.5 Å². The van der Waals surface area contributed by atoms with Crippen LogP contribution in [0.1, 0.15) is 30.7 Å². The highest BCUT2D eigenvalue weighted by molar-refractivity contribution is 8.00. The SMILES string of the molecule is Cc1ccccc1NC(=O)CN1C(=O)C2C3CC(C2C1=O)C1C3Sc2[nH]c(=O)sc2C1(C)C. The van der Waals surface area contributed by atoms with E-state index in [0.717, 1.165) is 21.9 Å². The average molecular weight is 484 g/mol. The monoisotopic (exact) mass is 483 g/mol. The summed E-state index contributed by atoms with van der Waals surface area (Å²) in [6.45, 7) is 5.98. The van der Waals surface area contributed by atoms with Gasteiger partial charge < -0.3 is 10.3 Å². The van der Waals surface area contributed by atoms with Gasteiger partial charge in [-0.2, -0.15) is 0 Å². The van der Waals surface area contributed by atoms with Crippen molar-refractivity contribution in [2.75, 3.05) is 11.9 Å². The largest absolute Gasteiger partial charge is 0.324 e. The molecule has 172 valence electrons. The Morgan fingerprint density at radius 3 is 2.58 bits per heavy atom. The van der Waals surface area contributed by atoms with Crippen molar-refractivity contribution in [3.8, 4) is 0 Å². The van der Waals surface area contributed by atoms with Crippen LogP contribution in [0.15, 0.2) is 34.1 Å². The summed E-state index contributed by atoms with van der Waals surface area (Å²) in [6.07, 6.45) is 0.862. The molecule has 0 radical (unpaired) electrons. The fraction of sp³-hybridized carbons (Fsp3) is 0.500. The number of aromatic amines is 1. The number of thiazole rings is 1. The Labute approximate surface area is 199 Å². The van der Waals surface area contributed by atoms with E-state index < -0.39 is 0 Å². The second-order valence-electron chi connectivity index (χ2n) is 10.2. The summed E-state index contributed by atoms with van der Waals surface area (Å²) >= 11 is 2.94. The molecule has 6 rings (SSSR count). The van der Waals surface area contributed by atoms with Crippen LogP contribution in [-0.4, -0.2) is 39.4 Å². The third kappa shape index (κ3) is 2.87. The lowest BCUT2D eigenvalue weighted by molar-refractivity contribution is -0.143. The molecule has 6 atom stereocenters. The molecule has 6 unspecified atom stereocenters. The van der Waals surface area contributed by atoms with Crippen LogP contribution in [0.5, 0.6) is 0 Å². The highest BCUT2D eigenvalue weighted by Gasteiger charge is 2.70. The van der Waals surface area contributed by atoms with Gasteiger partial charge in [0.25, 0.3) is 0 Å². The van der Waals surface area contributed by atoms with E-state index in [4.69, 9.17) is 0 Å². The maximum absolute atomic E-state index is 13.4. The van der Waals surface area contributed by atoms with Gasteiger partial charge in [-0.3, -0.25) is 24.1 Å². The highest BCUT2D eigenvalue weighted by atomic mass is 32.2. The van der Waals surface area contributed by atoms with E-state index in [1.807, 2.05) is 31.2 Å². The van der Waals surface area contributed by atoms with Crippen molar-refractivity contribution >= 4 is 46.5 Å². The first-order chi connectivity index (χ1) is 15.7. The van der Waals surface area contributed by atoms with Crippen LogP contribution in [0.4, 0.5) is 5.69 Å². The van der Waals surface area contributed by atoms with Crippen LogP contribution in [0.25, 0.3) is 0 Å². The molecule has 1 aromatic carbocycles. The molecule has 4 aliphatic rings. The number of benzene rings is 1. The standard InChI is InChI=1S/C24H25N3O4S2/c1-10-6-4-5-7-13(10)25-14(28)9-27-21(29)15-11-8-12(16(15)22(27)30)18-17(11)24(2,3)19-20(32-18)26-23(31)33-19/h4-7,11-12,15-18H,8-9H2,1-3H3,(H,25,28)(H,26,31). The molecular weight excluding hydrogens is 458 g/mol. The molecule has 7 nitrogen and oxygen atoms in total. The van der Waals surface area contributed by atoms with Crippen LogP contribution in [-0.2, 0) is 19.8 Å². The van der Waals surface area contributed by atoms with Crippen molar-refractivity contribution in [2.45, 2.75) is 42.9 Å². The number of amides is 3. The quantitative estimate of drug-likeness (QED) is 0.654. The number of nitrogens with one attached hydrogen (secondary N) is 2. The van der Waals surface area contributed by atoms with E-state index in [2.05, 4.69) is 24.1 Å². The third-order valence-electron chi connectivity index (χ3n) is 8.20. The molecule has 2 saturated carbocycles. The minimum absolute atomic E-state index is 0.0499. The van der Waals surface area contributed by atoms with Crippen LogP contribution in [0.3, 0.4) is 0 Å². The van der Waals surface area contributed by atoms with Gasteiger partial charge in [0.2, 0.25) is 17.7 Å². The number of carbonyl (C=O) groups excluding carboxylic acids is 3. The van der Waals surface area contributed by atoms with Gasteiger partial charge in [0.15, 0.2) is 0 Å². The summed E-state index contributed by atoms with van der Waals surface area (Å²) in [7, 11) is 0. The number of para-hydroxylation sites is 1. The van der Waals surface area contributed by atoms with Gasteiger partial charge in [-0.15, -0.1) is 11.8 Å². The van der Waals surface area contributed by atoms with Crippen LogP contribution < -0.4 is 10.2 Å². The number of rotatable bonds is 3. The molecule has 1 saturated heterocycles. The smallest absolute Gasteiger partial charge is 0.305 e. The number of hydrogen-bond acceptors (Lipinski definition) is 6. The van der Waals surface area contributed by atoms with Gasteiger partial charge in [0, 0.05) is 21.2 Å². The molecule has 2 bridgehead atoms. The number of imide groups is 1. The first-order valence-corrected chi connectivity index (χ1v) is 13.0. The van der Waals surface area contributed by atoms with Gasteiger partial charge in [0.05, 0.1) is 16.9 Å². The van der Waals surface area contributed by atoms with E-state index in [0.29, 0.717) is 5.69 Å². The summed E-state index contributed by atoms with van der Waals surface area (Å²) in [5, 5.41) is 3.96. The van der Waals surface area contributed by atoms with Crippen molar-refractivity contribution in [3.05, 3.63) is 44.4 Å². The molecule has 2 aliphatic heterocycles. The first-order valence-electron chi connectivity index (χ1n) is 11.3. The number of H-pyrrole nitrogens is 1. The molecular formula is C24H25N3O4S2. The maximum Gasteiger partial charge on any atom is 0.305 e. The zero-order valence-corrected chi connectivity index (χ0v) is 20.2. The second-order valence-corrected chi connectivity index (χ2v) is 12.4. The summed E-state index contributed by atoms with van der Waals surface area (Å²) in [5.74, 6) is -1.07. The first kappa shape index (κ1) is 21.2. The minimum atomic E-state index is -0.356. The van der Waals surface area contributed by atoms with Crippen molar-refractivity contribution in [1.82, 2.24) is 9.88 Å². The molecule has 0 spiro atoms. The Balaban J connectivity index is 1.26. The predicted molar refractivity (Wildman–Crippen MR) is 126 cm³/mol. The fourth-order valence-corrected chi connectivity index (χ4v) is 10.1. The second kappa shape index (κ2) is 7.06. The van der Waals surface area contributed by atoms with E-state index in [1.165, 1.54) is 16.2 Å². The Bertz CT molecular complexity index is 1260. The summed E-state index contributed by atoms with van der Waals surface area (Å²) in [6, 6.07) is 7.44. The zero-order chi connectivity index (χ0) is 23.2. The molecule has 2 N–H and O–H groups in total.